The first-order chi connectivity index (χ1) is 10.0. The summed E-state index contributed by atoms with van der Waals surface area (Å²) in [6.45, 7) is 7.33. The van der Waals surface area contributed by atoms with Crippen LogP contribution in [0.15, 0.2) is 11.0 Å². The predicted octanol–water partition coefficient (Wildman–Crippen LogP) is 3.93. The molecule has 1 aromatic rings. The number of unbranched alkanes of at least 4 members (excludes halogenated alkanes) is 1. The van der Waals surface area contributed by atoms with Gasteiger partial charge in [-0.25, -0.2) is 4.68 Å². The van der Waals surface area contributed by atoms with Gasteiger partial charge in [0.2, 0.25) is 0 Å². The van der Waals surface area contributed by atoms with Gasteiger partial charge in [0.05, 0.1) is 11.9 Å². The van der Waals surface area contributed by atoms with Crippen molar-refractivity contribution in [2.24, 2.45) is 11.8 Å². The maximum Gasteiger partial charge on any atom is 0.287 e. The van der Waals surface area contributed by atoms with Gasteiger partial charge in [-0.15, -0.1) is 0 Å². The van der Waals surface area contributed by atoms with Crippen molar-refractivity contribution in [1.82, 2.24) is 9.78 Å². The second-order valence-electron chi connectivity index (χ2n) is 6.36. The van der Waals surface area contributed by atoms with E-state index in [1.165, 1.54) is 11.1 Å². The second kappa shape index (κ2) is 7.30. The Morgan fingerprint density at radius 3 is 2.81 bits per heavy atom. The molecule has 0 spiro atoms. The van der Waals surface area contributed by atoms with Crippen LogP contribution in [-0.2, 0) is 6.54 Å². The summed E-state index contributed by atoms with van der Waals surface area (Å²) in [4.78, 5) is 12.2. The Labute approximate surface area is 131 Å². The summed E-state index contributed by atoms with van der Waals surface area (Å²) in [5.74, 6) is 1.48. The normalized spacial score (nSPS) is 25.8. The van der Waals surface area contributed by atoms with Crippen LogP contribution in [0.25, 0.3) is 0 Å². The molecule has 0 radical (unpaired) electrons. The number of aryl methyl sites for hydroxylation is 1. The fourth-order valence-corrected chi connectivity index (χ4v) is 3.13. The van der Waals surface area contributed by atoms with Crippen molar-refractivity contribution in [3.05, 3.63) is 21.6 Å². The molecule has 0 aliphatic heterocycles. The summed E-state index contributed by atoms with van der Waals surface area (Å²) < 4.78 is 1.46. The van der Waals surface area contributed by atoms with Crippen molar-refractivity contribution in [1.29, 1.82) is 0 Å². The highest BCUT2D eigenvalue weighted by molar-refractivity contribution is 6.32. The van der Waals surface area contributed by atoms with Gasteiger partial charge in [-0.3, -0.25) is 4.79 Å². The molecule has 1 aliphatic carbocycles. The minimum atomic E-state index is -0.188. The molecule has 1 aliphatic rings. The summed E-state index contributed by atoms with van der Waals surface area (Å²) in [5, 5.41) is 7.92. The summed E-state index contributed by atoms with van der Waals surface area (Å²) in [6.07, 6.45) is 7.13. The predicted molar refractivity (Wildman–Crippen MR) is 88.0 cm³/mol. The summed E-state index contributed by atoms with van der Waals surface area (Å²) in [5.41, 5.74) is 0.494. The number of nitrogens with one attached hydrogen (secondary N) is 1. The number of halogens is 1. The molecule has 0 amide bonds. The van der Waals surface area contributed by atoms with Crippen molar-refractivity contribution in [2.75, 3.05) is 5.32 Å². The Kier molecular flexibility index (Phi) is 5.68. The van der Waals surface area contributed by atoms with Gasteiger partial charge in [0.1, 0.15) is 5.02 Å². The summed E-state index contributed by atoms with van der Waals surface area (Å²) in [7, 11) is 0. The molecule has 3 atom stereocenters. The lowest BCUT2D eigenvalue weighted by atomic mass is 9.79. The van der Waals surface area contributed by atoms with Gasteiger partial charge < -0.3 is 5.32 Å². The first kappa shape index (κ1) is 16.3. The van der Waals surface area contributed by atoms with Crippen LogP contribution < -0.4 is 10.9 Å². The third-order valence-electron chi connectivity index (χ3n) is 4.67. The highest BCUT2D eigenvalue weighted by Crippen LogP contribution is 2.31. The van der Waals surface area contributed by atoms with Crippen LogP contribution in [0.2, 0.25) is 5.02 Å². The molecule has 118 valence electrons. The monoisotopic (exact) mass is 311 g/mol. The van der Waals surface area contributed by atoms with E-state index < -0.39 is 0 Å². The van der Waals surface area contributed by atoms with Crippen molar-refractivity contribution in [3.63, 3.8) is 0 Å². The van der Waals surface area contributed by atoms with Crippen molar-refractivity contribution in [3.8, 4) is 0 Å². The molecular weight excluding hydrogens is 286 g/mol. The van der Waals surface area contributed by atoms with Crippen LogP contribution in [0.4, 0.5) is 5.69 Å². The molecule has 0 bridgehead atoms. The smallest absolute Gasteiger partial charge is 0.287 e. The van der Waals surface area contributed by atoms with Gasteiger partial charge in [0.25, 0.3) is 5.56 Å². The molecule has 0 saturated heterocycles. The van der Waals surface area contributed by atoms with E-state index in [2.05, 4.69) is 31.2 Å². The fourth-order valence-electron chi connectivity index (χ4n) is 2.93. The zero-order valence-electron chi connectivity index (χ0n) is 13.2. The highest BCUT2D eigenvalue weighted by Gasteiger charge is 2.25. The largest absolute Gasteiger partial charge is 0.380 e. The molecule has 2 rings (SSSR count). The van der Waals surface area contributed by atoms with Crippen LogP contribution in [0.1, 0.15) is 52.9 Å². The molecule has 1 N–H and O–H groups in total. The Hall–Kier alpha value is -1.03. The Bertz CT molecular complexity index is 529. The third-order valence-corrected chi connectivity index (χ3v) is 5.03. The Balaban J connectivity index is 2.07. The van der Waals surface area contributed by atoms with Crippen LogP contribution in [0, 0.1) is 11.8 Å². The average molecular weight is 312 g/mol. The molecule has 3 unspecified atom stereocenters. The van der Waals surface area contributed by atoms with Crippen LogP contribution >= 0.6 is 11.6 Å². The van der Waals surface area contributed by atoms with E-state index in [0.717, 1.165) is 31.6 Å². The highest BCUT2D eigenvalue weighted by atomic mass is 35.5. The van der Waals surface area contributed by atoms with E-state index in [1.807, 2.05) is 0 Å². The lowest BCUT2D eigenvalue weighted by Gasteiger charge is -2.33. The van der Waals surface area contributed by atoms with Gasteiger partial charge in [-0.05, 0) is 37.5 Å². The fraction of sp³-hybridized carbons (Fsp3) is 0.750. The molecule has 21 heavy (non-hydrogen) atoms. The number of nitrogens with zero attached hydrogens (tertiary/aromatic N) is 2. The molecule has 1 saturated carbocycles. The van der Waals surface area contributed by atoms with E-state index >= 15 is 0 Å². The second-order valence-corrected chi connectivity index (χ2v) is 6.74. The first-order valence-corrected chi connectivity index (χ1v) is 8.42. The number of hydrogen-bond donors (Lipinski definition) is 1. The van der Waals surface area contributed by atoms with Gasteiger partial charge in [0.15, 0.2) is 0 Å². The van der Waals surface area contributed by atoms with E-state index in [9.17, 15) is 4.79 Å². The summed E-state index contributed by atoms with van der Waals surface area (Å²) >= 11 is 6.23. The van der Waals surface area contributed by atoms with Crippen molar-refractivity contribution < 1.29 is 0 Å². The maximum absolute atomic E-state index is 12.2. The van der Waals surface area contributed by atoms with Crippen LogP contribution in [-0.4, -0.2) is 15.8 Å². The zero-order chi connectivity index (χ0) is 15.4. The van der Waals surface area contributed by atoms with Gasteiger partial charge in [-0.1, -0.05) is 38.8 Å². The third kappa shape index (κ3) is 4.00. The summed E-state index contributed by atoms with van der Waals surface area (Å²) in [6, 6.07) is 0.390. The number of aromatic nitrogens is 2. The van der Waals surface area contributed by atoms with Gasteiger partial charge in [0, 0.05) is 12.6 Å². The molecule has 4 nitrogen and oxygen atoms in total. The SMILES string of the molecule is CCCCn1ncc(NC2CCC(C)C(C)C2)c(Cl)c1=O. The lowest BCUT2D eigenvalue weighted by Crippen LogP contribution is -2.32. The molecular formula is C16H26ClN3O. The number of rotatable bonds is 5. The molecule has 5 heteroatoms. The van der Waals surface area contributed by atoms with Crippen LogP contribution in [0.3, 0.4) is 0 Å². The Morgan fingerprint density at radius 2 is 2.14 bits per heavy atom. The number of hydrogen-bond acceptors (Lipinski definition) is 3. The quantitative estimate of drug-likeness (QED) is 0.896. The standard InChI is InChI=1S/C16H26ClN3O/c1-4-5-8-20-16(21)15(17)14(10-18-20)19-13-7-6-11(2)12(3)9-13/h10-13,19H,4-9H2,1-3H3. The minimum Gasteiger partial charge on any atom is -0.380 e. The molecule has 1 heterocycles. The minimum absolute atomic E-state index is 0.188. The van der Waals surface area contributed by atoms with Gasteiger partial charge in [-0.2, -0.15) is 5.10 Å². The number of anilines is 1. The first-order valence-electron chi connectivity index (χ1n) is 8.05. The maximum atomic E-state index is 12.2. The van der Waals surface area contributed by atoms with E-state index in [4.69, 9.17) is 11.6 Å². The Morgan fingerprint density at radius 1 is 1.38 bits per heavy atom. The van der Waals surface area contributed by atoms with E-state index in [1.54, 1.807) is 6.20 Å². The van der Waals surface area contributed by atoms with E-state index in [0.29, 0.717) is 24.2 Å². The van der Waals surface area contributed by atoms with Crippen LogP contribution in [0.5, 0.6) is 0 Å². The van der Waals surface area contributed by atoms with Crippen molar-refractivity contribution >= 4 is 17.3 Å². The molecule has 1 fully saturated rings. The lowest BCUT2D eigenvalue weighted by molar-refractivity contribution is 0.261. The van der Waals surface area contributed by atoms with Crippen molar-refractivity contribution in [2.45, 2.75) is 65.5 Å². The zero-order valence-corrected chi connectivity index (χ0v) is 14.0. The topological polar surface area (TPSA) is 46.9 Å². The average Bonchev–Trinajstić information content (AvgIpc) is 2.47. The molecule has 0 aromatic carbocycles. The molecule has 1 aromatic heterocycles. The van der Waals surface area contributed by atoms with Gasteiger partial charge >= 0.3 is 0 Å². The van der Waals surface area contributed by atoms with E-state index in [-0.39, 0.29) is 10.6 Å².